The first kappa shape index (κ1) is 13.0. The molecule has 6 nitrogen and oxygen atoms in total. The number of piperazine rings is 1. The maximum Gasteiger partial charge on any atom is 0.317 e. The number of carbonyl (C=O) groups excluding carboxylic acids is 1. The van der Waals surface area contributed by atoms with Gasteiger partial charge in [0.1, 0.15) is 0 Å². The summed E-state index contributed by atoms with van der Waals surface area (Å²) in [4.78, 5) is 20.4. The molecule has 1 aromatic rings. The molecule has 2 amide bonds. The number of carbonyl (C=O) groups is 1. The van der Waals surface area contributed by atoms with E-state index in [1.807, 2.05) is 17.0 Å². The van der Waals surface area contributed by atoms with E-state index in [4.69, 9.17) is 5.73 Å². The summed E-state index contributed by atoms with van der Waals surface area (Å²) in [5, 5.41) is 3.08. The van der Waals surface area contributed by atoms with Gasteiger partial charge in [0.2, 0.25) is 0 Å². The summed E-state index contributed by atoms with van der Waals surface area (Å²) in [5.41, 5.74) is 6.63. The summed E-state index contributed by atoms with van der Waals surface area (Å²) < 4.78 is 0. The van der Waals surface area contributed by atoms with Crippen LogP contribution in [0.2, 0.25) is 0 Å². The van der Waals surface area contributed by atoms with Gasteiger partial charge in [-0.05, 0) is 31.4 Å². The Hall–Kier alpha value is -1.98. The van der Waals surface area contributed by atoms with Crippen molar-refractivity contribution in [3.63, 3.8) is 0 Å². The zero-order valence-corrected chi connectivity index (χ0v) is 11.6. The number of hydrogen-bond acceptors (Lipinski definition) is 4. The second-order valence-corrected chi connectivity index (χ2v) is 5.47. The fourth-order valence-corrected chi connectivity index (χ4v) is 2.61. The number of hydrogen-bond donors (Lipinski definition) is 2. The van der Waals surface area contributed by atoms with Crippen LogP contribution in [0.1, 0.15) is 19.3 Å². The van der Waals surface area contributed by atoms with Crippen LogP contribution in [0.3, 0.4) is 0 Å². The van der Waals surface area contributed by atoms with E-state index in [9.17, 15) is 4.79 Å². The van der Waals surface area contributed by atoms with E-state index in [0.29, 0.717) is 24.8 Å². The molecule has 1 saturated carbocycles. The maximum atomic E-state index is 12.1. The van der Waals surface area contributed by atoms with Gasteiger partial charge in [-0.3, -0.25) is 0 Å². The Kier molecular flexibility index (Phi) is 3.62. The van der Waals surface area contributed by atoms with Crippen molar-refractivity contribution in [1.82, 2.24) is 15.2 Å². The molecule has 2 heterocycles. The highest BCUT2D eigenvalue weighted by molar-refractivity contribution is 5.75. The minimum absolute atomic E-state index is 0.0725. The first-order chi connectivity index (χ1) is 9.74. The van der Waals surface area contributed by atoms with Gasteiger partial charge in [0.25, 0.3) is 0 Å². The van der Waals surface area contributed by atoms with Crippen LogP contribution in [0.5, 0.6) is 0 Å². The average molecular weight is 275 g/mol. The lowest BCUT2D eigenvalue weighted by Gasteiger charge is -2.37. The summed E-state index contributed by atoms with van der Waals surface area (Å²) in [7, 11) is 0. The minimum atomic E-state index is 0.0725. The predicted molar refractivity (Wildman–Crippen MR) is 78.6 cm³/mol. The van der Waals surface area contributed by atoms with Gasteiger partial charge in [-0.2, -0.15) is 0 Å². The Bertz CT molecular complexity index is 480. The van der Waals surface area contributed by atoms with Crippen molar-refractivity contribution in [1.29, 1.82) is 0 Å². The van der Waals surface area contributed by atoms with Gasteiger partial charge in [0, 0.05) is 38.4 Å². The van der Waals surface area contributed by atoms with Crippen molar-refractivity contribution in [2.75, 3.05) is 36.8 Å². The third kappa shape index (κ3) is 2.64. The number of rotatable bonds is 2. The number of nitrogens with one attached hydrogen (secondary N) is 1. The summed E-state index contributed by atoms with van der Waals surface area (Å²) >= 11 is 0. The van der Waals surface area contributed by atoms with Gasteiger partial charge in [-0.15, -0.1) is 0 Å². The second kappa shape index (κ2) is 5.56. The molecule has 108 valence electrons. The molecule has 6 heteroatoms. The molecule has 0 aromatic carbocycles. The van der Waals surface area contributed by atoms with Gasteiger partial charge >= 0.3 is 6.03 Å². The van der Waals surface area contributed by atoms with Gasteiger partial charge in [0.05, 0.1) is 5.69 Å². The molecule has 20 heavy (non-hydrogen) atoms. The Balaban J connectivity index is 1.54. The van der Waals surface area contributed by atoms with Crippen LogP contribution in [0, 0.1) is 0 Å². The van der Waals surface area contributed by atoms with E-state index in [1.54, 1.807) is 6.20 Å². The Morgan fingerprint density at radius 2 is 2.05 bits per heavy atom. The highest BCUT2D eigenvalue weighted by Gasteiger charge is 2.26. The molecular weight excluding hydrogens is 254 g/mol. The van der Waals surface area contributed by atoms with E-state index in [2.05, 4.69) is 15.2 Å². The van der Waals surface area contributed by atoms with E-state index in [-0.39, 0.29) is 6.03 Å². The lowest BCUT2D eigenvalue weighted by atomic mass is 9.93. The van der Waals surface area contributed by atoms with Crippen molar-refractivity contribution < 1.29 is 4.79 Å². The highest BCUT2D eigenvalue weighted by Crippen LogP contribution is 2.21. The highest BCUT2D eigenvalue weighted by atomic mass is 16.2. The Morgan fingerprint density at radius 3 is 2.65 bits per heavy atom. The molecule has 1 aliphatic heterocycles. The maximum absolute atomic E-state index is 12.1. The SMILES string of the molecule is Nc1cccnc1N1CCN(C(=O)NC2CCC2)CC1. The number of nitrogens with two attached hydrogens (primary N) is 1. The fourth-order valence-electron chi connectivity index (χ4n) is 2.61. The summed E-state index contributed by atoms with van der Waals surface area (Å²) in [6.45, 7) is 2.99. The number of nitrogens with zero attached hydrogens (tertiary/aromatic N) is 3. The molecular formula is C14H21N5O. The molecule has 3 rings (SSSR count). The smallest absolute Gasteiger partial charge is 0.317 e. The van der Waals surface area contributed by atoms with Crippen LogP contribution < -0.4 is 16.0 Å². The van der Waals surface area contributed by atoms with Crippen LogP contribution in [-0.2, 0) is 0 Å². The zero-order valence-electron chi connectivity index (χ0n) is 11.6. The molecule has 2 fully saturated rings. The number of nitrogen functional groups attached to an aromatic ring is 1. The first-order valence-electron chi connectivity index (χ1n) is 7.25. The van der Waals surface area contributed by atoms with Gasteiger partial charge < -0.3 is 20.9 Å². The predicted octanol–water partition coefficient (Wildman–Crippen LogP) is 1.05. The lowest BCUT2D eigenvalue weighted by molar-refractivity contribution is 0.183. The molecule has 1 aromatic heterocycles. The lowest BCUT2D eigenvalue weighted by Crippen LogP contribution is -2.54. The third-order valence-corrected chi connectivity index (χ3v) is 4.12. The number of anilines is 2. The summed E-state index contributed by atoms with van der Waals surface area (Å²) in [5.74, 6) is 0.826. The molecule has 2 aliphatic rings. The summed E-state index contributed by atoms with van der Waals surface area (Å²) in [6, 6.07) is 4.16. The average Bonchev–Trinajstić information content (AvgIpc) is 2.43. The van der Waals surface area contributed by atoms with E-state index >= 15 is 0 Å². The fraction of sp³-hybridized carbons (Fsp3) is 0.571. The monoisotopic (exact) mass is 275 g/mol. The largest absolute Gasteiger partial charge is 0.396 e. The topological polar surface area (TPSA) is 74.5 Å². The Morgan fingerprint density at radius 1 is 1.30 bits per heavy atom. The number of pyridine rings is 1. The second-order valence-electron chi connectivity index (χ2n) is 5.47. The molecule has 0 atom stereocenters. The number of amides is 2. The van der Waals surface area contributed by atoms with Crippen LogP contribution in [0.4, 0.5) is 16.3 Å². The minimum Gasteiger partial charge on any atom is -0.396 e. The van der Waals surface area contributed by atoms with Crippen molar-refractivity contribution in [3.8, 4) is 0 Å². The first-order valence-corrected chi connectivity index (χ1v) is 7.25. The third-order valence-electron chi connectivity index (χ3n) is 4.12. The summed E-state index contributed by atoms with van der Waals surface area (Å²) in [6.07, 6.45) is 5.23. The molecule has 0 bridgehead atoms. The quantitative estimate of drug-likeness (QED) is 0.846. The zero-order chi connectivity index (χ0) is 13.9. The molecule has 1 aliphatic carbocycles. The normalized spacial score (nSPS) is 19.6. The van der Waals surface area contributed by atoms with Gasteiger partial charge in [-0.25, -0.2) is 9.78 Å². The van der Waals surface area contributed by atoms with Crippen LogP contribution in [0.25, 0.3) is 0 Å². The molecule has 1 saturated heterocycles. The van der Waals surface area contributed by atoms with Crippen LogP contribution in [-0.4, -0.2) is 48.1 Å². The standard InChI is InChI=1S/C14H21N5O/c15-12-5-2-6-16-13(12)18-7-9-19(10-8-18)14(20)17-11-3-1-4-11/h2,5-6,11H,1,3-4,7-10,15H2,(H,17,20). The van der Waals surface area contributed by atoms with Crippen molar-refractivity contribution >= 4 is 17.5 Å². The molecule has 0 unspecified atom stereocenters. The van der Waals surface area contributed by atoms with Crippen molar-refractivity contribution in [2.24, 2.45) is 0 Å². The van der Waals surface area contributed by atoms with E-state index in [1.165, 1.54) is 6.42 Å². The van der Waals surface area contributed by atoms with E-state index in [0.717, 1.165) is 31.7 Å². The number of aromatic nitrogens is 1. The van der Waals surface area contributed by atoms with Crippen molar-refractivity contribution in [2.45, 2.75) is 25.3 Å². The van der Waals surface area contributed by atoms with Crippen LogP contribution >= 0.6 is 0 Å². The van der Waals surface area contributed by atoms with Crippen LogP contribution in [0.15, 0.2) is 18.3 Å². The molecule has 0 radical (unpaired) electrons. The molecule has 3 N–H and O–H groups in total. The van der Waals surface area contributed by atoms with E-state index < -0.39 is 0 Å². The molecule has 0 spiro atoms. The van der Waals surface area contributed by atoms with Gasteiger partial charge in [-0.1, -0.05) is 0 Å². The Labute approximate surface area is 118 Å². The van der Waals surface area contributed by atoms with Crippen molar-refractivity contribution in [3.05, 3.63) is 18.3 Å². The number of urea groups is 1. The van der Waals surface area contributed by atoms with Gasteiger partial charge in [0.15, 0.2) is 5.82 Å².